The van der Waals surface area contributed by atoms with E-state index < -0.39 is 0 Å². The van der Waals surface area contributed by atoms with Gasteiger partial charge in [0.05, 0.1) is 17.9 Å². The summed E-state index contributed by atoms with van der Waals surface area (Å²) < 4.78 is 7.20. The standard InChI is InChI=1S/C19H20ClN5O2S/c1-3-25-17(10-13-4-7-15(27-2)8-5-13)23-24-19(25)28-12-18(26)22-16-9-6-14(20)11-21-16/h4-9,11H,3,10,12H2,1-2H3,(H,21,22,26). The van der Waals surface area contributed by atoms with Crippen LogP contribution in [0.15, 0.2) is 47.8 Å². The Bertz CT molecular complexity index is 929. The summed E-state index contributed by atoms with van der Waals surface area (Å²) in [5, 5.41) is 12.5. The van der Waals surface area contributed by atoms with Crippen LogP contribution >= 0.6 is 23.4 Å². The molecule has 0 bridgehead atoms. The third-order valence-corrected chi connectivity index (χ3v) is 5.15. The summed E-state index contributed by atoms with van der Waals surface area (Å²) in [5.74, 6) is 2.19. The largest absolute Gasteiger partial charge is 0.497 e. The zero-order valence-corrected chi connectivity index (χ0v) is 17.1. The first kappa shape index (κ1) is 20.2. The second kappa shape index (κ2) is 9.57. The monoisotopic (exact) mass is 417 g/mol. The molecule has 3 rings (SSSR count). The molecule has 0 radical (unpaired) electrons. The van der Waals surface area contributed by atoms with Crippen LogP contribution in [0, 0.1) is 0 Å². The van der Waals surface area contributed by atoms with Crippen molar-refractivity contribution in [2.24, 2.45) is 0 Å². The molecular weight excluding hydrogens is 398 g/mol. The van der Waals surface area contributed by atoms with Gasteiger partial charge in [-0.15, -0.1) is 10.2 Å². The lowest BCUT2D eigenvalue weighted by molar-refractivity contribution is -0.113. The maximum atomic E-state index is 12.2. The van der Waals surface area contributed by atoms with E-state index in [-0.39, 0.29) is 11.7 Å². The minimum atomic E-state index is -0.165. The van der Waals surface area contributed by atoms with E-state index in [1.807, 2.05) is 35.8 Å². The summed E-state index contributed by atoms with van der Waals surface area (Å²) in [5.41, 5.74) is 1.12. The molecule has 9 heteroatoms. The molecular formula is C19H20ClN5O2S. The summed E-state index contributed by atoms with van der Waals surface area (Å²) in [4.78, 5) is 16.2. The number of ether oxygens (including phenoxy) is 1. The topological polar surface area (TPSA) is 81.9 Å². The number of anilines is 1. The number of rotatable bonds is 8. The fraction of sp³-hybridized carbons (Fsp3) is 0.263. The zero-order chi connectivity index (χ0) is 19.9. The van der Waals surface area contributed by atoms with Gasteiger partial charge in [-0.25, -0.2) is 4.98 Å². The van der Waals surface area contributed by atoms with Crippen molar-refractivity contribution in [1.29, 1.82) is 0 Å². The van der Waals surface area contributed by atoms with Gasteiger partial charge in [-0.05, 0) is 36.8 Å². The van der Waals surface area contributed by atoms with Gasteiger partial charge in [-0.1, -0.05) is 35.5 Å². The van der Waals surface area contributed by atoms with Crippen LogP contribution in [0.5, 0.6) is 5.75 Å². The van der Waals surface area contributed by atoms with Crippen LogP contribution in [0.2, 0.25) is 5.02 Å². The maximum absolute atomic E-state index is 12.2. The molecule has 0 unspecified atom stereocenters. The minimum absolute atomic E-state index is 0.165. The van der Waals surface area contributed by atoms with Crippen LogP contribution < -0.4 is 10.1 Å². The van der Waals surface area contributed by atoms with Gasteiger partial charge < -0.3 is 14.6 Å². The molecule has 0 spiro atoms. The summed E-state index contributed by atoms with van der Waals surface area (Å²) in [6.07, 6.45) is 2.15. The van der Waals surface area contributed by atoms with E-state index in [9.17, 15) is 4.79 Å². The van der Waals surface area contributed by atoms with Crippen molar-refractivity contribution in [3.63, 3.8) is 0 Å². The van der Waals surface area contributed by atoms with Gasteiger partial charge in [-0.3, -0.25) is 4.79 Å². The number of carbonyl (C=O) groups excluding carboxylic acids is 1. The first-order chi connectivity index (χ1) is 13.6. The fourth-order valence-electron chi connectivity index (χ4n) is 2.56. The average molecular weight is 418 g/mol. The SMILES string of the molecule is CCn1c(Cc2ccc(OC)cc2)nnc1SCC(=O)Nc1ccc(Cl)cn1. The smallest absolute Gasteiger partial charge is 0.236 e. The Hall–Kier alpha value is -2.58. The molecule has 2 heterocycles. The Kier molecular flexibility index (Phi) is 6.89. The Labute approximate surface area is 172 Å². The number of nitrogens with zero attached hydrogens (tertiary/aromatic N) is 4. The fourth-order valence-corrected chi connectivity index (χ4v) is 3.49. The molecule has 0 atom stereocenters. The van der Waals surface area contributed by atoms with E-state index in [4.69, 9.17) is 16.3 Å². The number of pyridine rings is 1. The zero-order valence-electron chi connectivity index (χ0n) is 15.6. The number of thioether (sulfide) groups is 1. The van der Waals surface area contributed by atoms with E-state index in [1.165, 1.54) is 18.0 Å². The van der Waals surface area contributed by atoms with Gasteiger partial charge in [0.2, 0.25) is 5.91 Å². The lowest BCUT2D eigenvalue weighted by atomic mass is 10.1. The number of methoxy groups -OCH3 is 1. The maximum Gasteiger partial charge on any atom is 0.236 e. The molecule has 1 aromatic carbocycles. The lowest BCUT2D eigenvalue weighted by Crippen LogP contribution is -2.15. The molecule has 1 N–H and O–H groups in total. The quantitative estimate of drug-likeness (QED) is 0.563. The van der Waals surface area contributed by atoms with Crippen molar-refractivity contribution in [2.75, 3.05) is 18.2 Å². The highest BCUT2D eigenvalue weighted by Gasteiger charge is 2.14. The molecule has 2 aromatic heterocycles. The van der Waals surface area contributed by atoms with Gasteiger partial charge in [0.25, 0.3) is 0 Å². The molecule has 0 saturated carbocycles. The molecule has 0 fully saturated rings. The van der Waals surface area contributed by atoms with Crippen LogP contribution in [0.3, 0.4) is 0 Å². The van der Waals surface area contributed by atoms with Crippen LogP contribution in [-0.2, 0) is 17.8 Å². The summed E-state index contributed by atoms with van der Waals surface area (Å²) in [6, 6.07) is 11.2. The van der Waals surface area contributed by atoms with Crippen LogP contribution in [-0.4, -0.2) is 38.5 Å². The van der Waals surface area contributed by atoms with Gasteiger partial charge in [0.1, 0.15) is 17.4 Å². The van der Waals surface area contributed by atoms with Gasteiger partial charge in [-0.2, -0.15) is 0 Å². The van der Waals surface area contributed by atoms with Gasteiger partial charge in [0, 0.05) is 19.2 Å². The van der Waals surface area contributed by atoms with E-state index in [0.717, 1.165) is 23.7 Å². The number of aromatic nitrogens is 4. The van der Waals surface area contributed by atoms with E-state index in [1.54, 1.807) is 19.2 Å². The highest BCUT2D eigenvalue weighted by atomic mass is 35.5. The van der Waals surface area contributed by atoms with E-state index in [0.29, 0.717) is 22.4 Å². The molecule has 146 valence electrons. The molecule has 3 aromatic rings. The minimum Gasteiger partial charge on any atom is -0.497 e. The normalized spacial score (nSPS) is 10.7. The van der Waals surface area contributed by atoms with Crippen molar-refractivity contribution in [1.82, 2.24) is 19.7 Å². The van der Waals surface area contributed by atoms with Crippen LogP contribution in [0.4, 0.5) is 5.82 Å². The van der Waals surface area contributed by atoms with Crippen LogP contribution in [0.1, 0.15) is 18.3 Å². The first-order valence-electron chi connectivity index (χ1n) is 8.68. The van der Waals surface area contributed by atoms with Crippen molar-refractivity contribution >= 4 is 35.1 Å². The Morgan fingerprint density at radius 3 is 2.64 bits per heavy atom. The van der Waals surface area contributed by atoms with Crippen LogP contribution in [0.25, 0.3) is 0 Å². The second-order valence-electron chi connectivity index (χ2n) is 5.87. The summed E-state index contributed by atoms with van der Waals surface area (Å²) >= 11 is 7.14. The third-order valence-electron chi connectivity index (χ3n) is 3.96. The predicted octanol–water partition coefficient (Wildman–Crippen LogP) is 3.68. The van der Waals surface area contributed by atoms with E-state index >= 15 is 0 Å². The Morgan fingerprint density at radius 2 is 2.00 bits per heavy atom. The highest BCUT2D eigenvalue weighted by Crippen LogP contribution is 2.20. The molecule has 0 aliphatic carbocycles. The van der Waals surface area contributed by atoms with Gasteiger partial charge in [0.15, 0.2) is 5.16 Å². The Balaban J connectivity index is 1.61. The lowest BCUT2D eigenvalue weighted by Gasteiger charge is -2.08. The first-order valence-corrected chi connectivity index (χ1v) is 10.0. The number of hydrogen-bond donors (Lipinski definition) is 1. The second-order valence-corrected chi connectivity index (χ2v) is 7.25. The molecule has 28 heavy (non-hydrogen) atoms. The van der Waals surface area contributed by atoms with Crippen molar-refractivity contribution in [3.05, 3.63) is 59.0 Å². The third kappa shape index (κ3) is 5.24. The number of nitrogens with one attached hydrogen (secondary N) is 1. The highest BCUT2D eigenvalue weighted by molar-refractivity contribution is 7.99. The molecule has 1 amide bonds. The number of carbonyl (C=O) groups is 1. The van der Waals surface area contributed by atoms with Gasteiger partial charge >= 0.3 is 0 Å². The molecule has 7 nitrogen and oxygen atoms in total. The number of amides is 1. The number of hydrogen-bond acceptors (Lipinski definition) is 6. The molecule has 0 aliphatic heterocycles. The average Bonchev–Trinajstić information content (AvgIpc) is 3.10. The molecule has 0 saturated heterocycles. The predicted molar refractivity (Wildman–Crippen MR) is 110 cm³/mol. The van der Waals surface area contributed by atoms with E-state index in [2.05, 4.69) is 20.5 Å². The number of benzene rings is 1. The van der Waals surface area contributed by atoms with Crippen molar-refractivity contribution in [2.45, 2.75) is 25.0 Å². The van der Waals surface area contributed by atoms with Crippen molar-refractivity contribution < 1.29 is 9.53 Å². The summed E-state index contributed by atoms with van der Waals surface area (Å²) in [7, 11) is 1.64. The molecule has 0 aliphatic rings. The Morgan fingerprint density at radius 1 is 1.21 bits per heavy atom. The number of halogens is 1. The summed E-state index contributed by atoms with van der Waals surface area (Å²) in [6.45, 7) is 2.75. The van der Waals surface area contributed by atoms with Crippen molar-refractivity contribution in [3.8, 4) is 5.75 Å².